The van der Waals surface area contributed by atoms with Gasteiger partial charge in [0.25, 0.3) is 5.91 Å². The van der Waals surface area contributed by atoms with Crippen LogP contribution in [0.5, 0.6) is 0 Å². The van der Waals surface area contributed by atoms with E-state index in [1.807, 2.05) is 0 Å². The molecule has 1 saturated heterocycles. The summed E-state index contributed by atoms with van der Waals surface area (Å²) in [6, 6.07) is 4.89. The molecule has 1 aliphatic heterocycles. The van der Waals surface area contributed by atoms with Gasteiger partial charge in [-0.1, -0.05) is 48.2 Å². The molecule has 24 heavy (non-hydrogen) atoms. The lowest BCUT2D eigenvalue weighted by Crippen LogP contribution is -2.51. The summed E-state index contributed by atoms with van der Waals surface area (Å²) in [6.07, 6.45) is 1.62. The quantitative estimate of drug-likeness (QED) is 0.418. The van der Waals surface area contributed by atoms with E-state index in [0.29, 0.717) is 17.4 Å². The summed E-state index contributed by atoms with van der Waals surface area (Å²) in [6.45, 7) is 0. The number of amides is 2. The van der Waals surface area contributed by atoms with Crippen molar-refractivity contribution in [1.29, 1.82) is 0 Å². The van der Waals surface area contributed by atoms with Crippen molar-refractivity contribution >= 4 is 58.4 Å². The summed E-state index contributed by atoms with van der Waals surface area (Å²) in [5.74, 6) is -3.13. The van der Waals surface area contributed by atoms with Crippen LogP contribution < -0.4 is 10.8 Å². The molecular weight excluding hydrogens is 352 g/mol. The molecule has 0 saturated carbocycles. The highest BCUT2D eigenvalue weighted by Gasteiger charge is 2.38. The number of rotatable bonds is 6. The Labute approximate surface area is 146 Å². The Kier molecular flexibility index (Phi) is 5.47. The van der Waals surface area contributed by atoms with Gasteiger partial charge in [-0.2, -0.15) is 0 Å². The van der Waals surface area contributed by atoms with Crippen molar-refractivity contribution in [2.45, 2.75) is 12.5 Å². The number of hydrogen-bond donors (Lipinski definition) is 1. The van der Waals surface area contributed by atoms with Crippen molar-refractivity contribution < 1.29 is 24.3 Å². The maximum Gasteiger partial charge on any atom is 0.266 e. The lowest BCUT2D eigenvalue weighted by atomic mass is 10.1. The van der Waals surface area contributed by atoms with Crippen molar-refractivity contribution in [3.63, 3.8) is 0 Å². The van der Waals surface area contributed by atoms with Gasteiger partial charge in [0.15, 0.2) is 0 Å². The van der Waals surface area contributed by atoms with Crippen LogP contribution in [0.3, 0.4) is 0 Å². The van der Waals surface area contributed by atoms with Crippen LogP contribution in [0.4, 0.5) is 0 Å². The molecule has 0 bridgehead atoms. The smallest absolute Gasteiger partial charge is 0.266 e. The standard InChI is InChI=1S/C15H12N2O5S2/c16-12(19)6-10(14(21)22)17-13(20)11(24-15(17)23)5-8-1-3-9(7-18)4-2-8/h1-5,7,10H,6H2,(H2,16,19)(H,21,22)/p-1/b11-5-/t10-/m1/s1. The fraction of sp³-hybridized carbons (Fsp3) is 0.133. The third-order valence-corrected chi connectivity index (χ3v) is 4.50. The molecule has 0 spiro atoms. The number of thiocarbonyl (C=S) groups is 1. The van der Waals surface area contributed by atoms with Gasteiger partial charge in [-0.3, -0.25) is 19.3 Å². The Balaban J connectivity index is 2.29. The number of thioether (sulfide) groups is 1. The minimum absolute atomic E-state index is 0.00575. The van der Waals surface area contributed by atoms with Gasteiger partial charge in [-0.25, -0.2) is 0 Å². The van der Waals surface area contributed by atoms with Gasteiger partial charge in [-0.15, -0.1) is 0 Å². The zero-order valence-electron chi connectivity index (χ0n) is 12.1. The topological polar surface area (TPSA) is 121 Å². The maximum atomic E-state index is 12.4. The van der Waals surface area contributed by atoms with Crippen LogP contribution in [0.25, 0.3) is 6.08 Å². The molecule has 9 heteroatoms. The van der Waals surface area contributed by atoms with Crippen molar-refractivity contribution in [3.8, 4) is 0 Å². The molecule has 2 amide bonds. The lowest BCUT2D eigenvalue weighted by molar-refractivity contribution is -0.310. The monoisotopic (exact) mass is 363 g/mol. The normalized spacial score (nSPS) is 17.2. The second-order valence-electron chi connectivity index (χ2n) is 4.84. The predicted octanol–water partition coefficient (Wildman–Crippen LogP) is -0.306. The van der Waals surface area contributed by atoms with E-state index in [-0.39, 0.29) is 9.23 Å². The molecule has 1 aromatic carbocycles. The number of carbonyl (C=O) groups excluding carboxylic acids is 4. The van der Waals surface area contributed by atoms with Crippen molar-refractivity contribution in [3.05, 3.63) is 40.3 Å². The molecule has 0 radical (unpaired) electrons. The minimum Gasteiger partial charge on any atom is -0.548 e. The third-order valence-electron chi connectivity index (χ3n) is 3.17. The Hall–Kier alpha value is -2.52. The van der Waals surface area contributed by atoms with Crippen LogP contribution in [-0.2, 0) is 14.4 Å². The van der Waals surface area contributed by atoms with Crippen LogP contribution >= 0.6 is 24.0 Å². The largest absolute Gasteiger partial charge is 0.548 e. The van der Waals surface area contributed by atoms with Crippen LogP contribution in [0.2, 0.25) is 0 Å². The molecule has 2 rings (SSSR count). The Morgan fingerprint density at radius 1 is 1.29 bits per heavy atom. The van der Waals surface area contributed by atoms with Gasteiger partial charge in [0, 0.05) is 5.56 Å². The number of aldehydes is 1. The van der Waals surface area contributed by atoms with E-state index in [1.165, 1.54) is 6.08 Å². The Morgan fingerprint density at radius 3 is 2.38 bits per heavy atom. The number of carbonyl (C=O) groups is 4. The predicted molar refractivity (Wildman–Crippen MR) is 89.4 cm³/mol. The molecule has 1 fully saturated rings. The van der Waals surface area contributed by atoms with Crippen LogP contribution in [0.15, 0.2) is 29.2 Å². The highest BCUT2D eigenvalue weighted by Crippen LogP contribution is 2.34. The van der Waals surface area contributed by atoms with Crippen molar-refractivity contribution in [1.82, 2.24) is 4.90 Å². The Bertz CT molecular complexity index is 758. The number of benzene rings is 1. The lowest BCUT2D eigenvalue weighted by Gasteiger charge is -2.26. The van der Waals surface area contributed by atoms with Gasteiger partial charge >= 0.3 is 0 Å². The maximum absolute atomic E-state index is 12.4. The van der Waals surface area contributed by atoms with Crippen molar-refractivity contribution in [2.24, 2.45) is 5.73 Å². The summed E-state index contributed by atoms with van der Waals surface area (Å²) in [5.41, 5.74) is 6.14. The molecule has 1 heterocycles. The third kappa shape index (κ3) is 3.87. The summed E-state index contributed by atoms with van der Waals surface area (Å²) in [5, 5.41) is 11.2. The van der Waals surface area contributed by atoms with Gasteiger partial charge in [0.2, 0.25) is 5.91 Å². The highest BCUT2D eigenvalue weighted by molar-refractivity contribution is 8.26. The van der Waals surface area contributed by atoms with Crippen LogP contribution in [0, 0.1) is 0 Å². The van der Waals surface area contributed by atoms with E-state index in [4.69, 9.17) is 18.0 Å². The SMILES string of the molecule is NC(=O)C[C@H](C(=O)[O-])N1C(=O)/C(=C/c2ccc(C=O)cc2)SC1=S. The number of hydrogen-bond acceptors (Lipinski definition) is 7. The summed E-state index contributed by atoms with van der Waals surface area (Å²) >= 11 is 5.95. The van der Waals surface area contributed by atoms with E-state index in [1.54, 1.807) is 24.3 Å². The molecule has 0 unspecified atom stereocenters. The zero-order valence-corrected chi connectivity index (χ0v) is 13.8. The first kappa shape index (κ1) is 17.8. The van der Waals surface area contributed by atoms with Crippen LogP contribution in [0.1, 0.15) is 22.3 Å². The number of aliphatic carboxylic acids is 1. The second kappa shape index (κ2) is 7.37. The molecule has 7 nitrogen and oxygen atoms in total. The number of nitrogens with zero attached hydrogens (tertiary/aromatic N) is 1. The fourth-order valence-corrected chi connectivity index (χ4v) is 3.40. The average Bonchev–Trinajstić information content (AvgIpc) is 2.79. The number of primary amides is 1. The minimum atomic E-state index is -1.61. The van der Waals surface area contributed by atoms with E-state index < -0.39 is 30.2 Å². The first-order valence-electron chi connectivity index (χ1n) is 6.65. The van der Waals surface area contributed by atoms with E-state index in [2.05, 4.69) is 0 Å². The van der Waals surface area contributed by atoms with Crippen LogP contribution in [-0.4, -0.2) is 39.3 Å². The number of carboxylic acid groups (broad SMARTS) is 1. The molecule has 1 aliphatic rings. The number of carboxylic acids is 1. The molecule has 124 valence electrons. The molecule has 1 aromatic rings. The summed E-state index contributed by atoms with van der Waals surface area (Å²) in [4.78, 5) is 46.3. The molecule has 0 aromatic heterocycles. The zero-order chi connectivity index (χ0) is 17.9. The van der Waals surface area contributed by atoms with Gasteiger partial charge in [-0.05, 0) is 11.6 Å². The van der Waals surface area contributed by atoms with Gasteiger partial charge in [0.05, 0.1) is 23.3 Å². The second-order valence-corrected chi connectivity index (χ2v) is 6.52. The van der Waals surface area contributed by atoms with Gasteiger partial charge < -0.3 is 15.6 Å². The molecule has 1 atom stereocenters. The molecular formula is C15H11N2O5S2-. The average molecular weight is 363 g/mol. The van der Waals surface area contributed by atoms with E-state index >= 15 is 0 Å². The van der Waals surface area contributed by atoms with E-state index in [9.17, 15) is 24.3 Å². The molecule has 2 N–H and O–H groups in total. The Morgan fingerprint density at radius 2 is 1.88 bits per heavy atom. The fourth-order valence-electron chi connectivity index (χ4n) is 2.04. The van der Waals surface area contributed by atoms with E-state index in [0.717, 1.165) is 16.7 Å². The first-order chi connectivity index (χ1) is 11.3. The molecule has 0 aliphatic carbocycles. The summed E-state index contributed by atoms with van der Waals surface area (Å²) < 4.78 is 0.00575. The highest BCUT2D eigenvalue weighted by atomic mass is 32.2. The van der Waals surface area contributed by atoms with Gasteiger partial charge in [0.1, 0.15) is 10.6 Å². The van der Waals surface area contributed by atoms with Crippen molar-refractivity contribution in [2.75, 3.05) is 0 Å². The first-order valence-corrected chi connectivity index (χ1v) is 7.87. The summed E-state index contributed by atoms with van der Waals surface area (Å²) in [7, 11) is 0. The number of nitrogens with two attached hydrogens (primary N) is 1.